The van der Waals surface area contributed by atoms with Gasteiger partial charge in [-0.2, -0.15) is 13.2 Å². The lowest BCUT2D eigenvalue weighted by molar-refractivity contribution is -0.202. The number of carbonyl (C=O) groups is 3. The fourth-order valence-corrected chi connectivity index (χ4v) is 3.42. The molecule has 0 aromatic heterocycles. The SMILES string of the molecule is NCC[C@H](NC(=O)OCC1c2ccccc2-c2ccccc21)C(=O)OC(=O)C(F)(F)F. The predicted molar refractivity (Wildman–Crippen MR) is 103 cm³/mol. The standard InChI is InChI=1S/C21H19F3N2O5/c22-21(23,24)19(28)31-18(27)17(9-10-25)26-20(29)30-11-16-14-7-3-1-5-12(14)13-6-2-4-8-15(13)16/h1-8,16-17H,9-11,25H2,(H,26,29)/t17-/m0/s1. The predicted octanol–water partition coefficient (Wildman–Crippen LogP) is 2.87. The highest BCUT2D eigenvalue weighted by Crippen LogP contribution is 2.44. The van der Waals surface area contributed by atoms with E-state index in [1.54, 1.807) is 0 Å². The average molecular weight is 436 g/mol. The maximum Gasteiger partial charge on any atom is 0.491 e. The Morgan fingerprint density at radius 2 is 1.55 bits per heavy atom. The summed E-state index contributed by atoms with van der Waals surface area (Å²) < 4.78 is 45.9. The van der Waals surface area contributed by atoms with E-state index in [9.17, 15) is 27.6 Å². The molecule has 0 saturated heterocycles. The number of fused-ring (bicyclic) bond motifs is 3. The van der Waals surface area contributed by atoms with Crippen molar-refractivity contribution >= 4 is 18.0 Å². The van der Waals surface area contributed by atoms with E-state index in [1.165, 1.54) is 0 Å². The number of amides is 1. The van der Waals surface area contributed by atoms with Crippen LogP contribution in [0.3, 0.4) is 0 Å². The van der Waals surface area contributed by atoms with Crippen LogP contribution in [0.5, 0.6) is 0 Å². The Bertz CT molecular complexity index is 947. The Morgan fingerprint density at radius 1 is 1.00 bits per heavy atom. The first-order valence-electron chi connectivity index (χ1n) is 9.36. The molecule has 0 saturated carbocycles. The highest BCUT2D eigenvalue weighted by Gasteiger charge is 2.43. The lowest BCUT2D eigenvalue weighted by atomic mass is 9.98. The van der Waals surface area contributed by atoms with Gasteiger partial charge in [-0.05, 0) is 35.2 Å². The monoisotopic (exact) mass is 436 g/mol. The van der Waals surface area contributed by atoms with Crippen molar-refractivity contribution in [3.8, 4) is 11.1 Å². The van der Waals surface area contributed by atoms with Crippen LogP contribution in [-0.2, 0) is 19.1 Å². The molecular formula is C21H19F3N2O5. The van der Waals surface area contributed by atoms with Gasteiger partial charge < -0.3 is 20.5 Å². The summed E-state index contributed by atoms with van der Waals surface area (Å²) in [5.74, 6) is -4.49. The number of carbonyl (C=O) groups excluding carboxylic acids is 3. The number of halogens is 3. The Morgan fingerprint density at radius 3 is 2.06 bits per heavy atom. The quantitative estimate of drug-likeness (QED) is 0.533. The molecule has 0 heterocycles. The summed E-state index contributed by atoms with van der Waals surface area (Å²) >= 11 is 0. The van der Waals surface area contributed by atoms with Crippen molar-refractivity contribution in [2.75, 3.05) is 13.2 Å². The van der Waals surface area contributed by atoms with Crippen molar-refractivity contribution in [3.63, 3.8) is 0 Å². The summed E-state index contributed by atoms with van der Waals surface area (Å²) in [5, 5.41) is 2.11. The highest BCUT2D eigenvalue weighted by molar-refractivity contribution is 5.92. The van der Waals surface area contributed by atoms with Crippen molar-refractivity contribution in [1.29, 1.82) is 0 Å². The van der Waals surface area contributed by atoms with E-state index in [1.807, 2.05) is 48.5 Å². The summed E-state index contributed by atoms with van der Waals surface area (Å²) in [6.45, 7) is -0.213. The van der Waals surface area contributed by atoms with E-state index in [4.69, 9.17) is 10.5 Å². The molecule has 1 aliphatic carbocycles. The number of benzene rings is 2. The zero-order chi connectivity index (χ0) is 22.6. The van der Waals surface area contributed by atoms with Crippen LogP contribution in [0.25, 0.3) is 11.1 Å². The molecule has 0 radical (unpaired) electrons. The van der Waals surface area contributed by atoms with Crippen LogP contribution in [0, 0.1) is 0 Å². The first-order valence-corrected chi connectivity index (χ1v) is 9.36. The molecule has 164 valence electrons. The van der Waals surface area contributed by atoms with E-state index in [-0.39, 0.29) is 25.5 Å². The number of ether oxygens (including phenoxy) is 2. The molecule has 10 heteroatoms. The molecule has 7 nitrogen and oxygen atoms in total. The van der Waals surface area contributed by atoms with E-state index in [0.717, 1.165) is 22.3 Å². The van der Waals surface area contributed by atoms with E-state index < -0.39 is 30.2 Å². The molecule has 1 amide bonds. The number of rotatable bonds is 6. The van der Waals surface area contributed by atoms with Crippen molar-refractivity contribution < 1.29 is 37.0 Å². The Hall–Kier alpha value is -3.40. The van der Waals surface area contributed by atoms with Gasteiger partial charge >= 0.3 is 24.2 Å². The van der Waals surface area contributed by atoms with Gasteiger partial charge in [0.15, 0.2) is 0 Å². The molecule has 3 N–H and O–H groups in total. The van der Waals surface area contributed by atoms with Gasteiger partial charge in [0.1, 0.15) is 12.6 Å². The second-order valence-corrected chi connectivity index (χ2v) is 6.81. The number of nitrogens with one attached hydrogen (secondary N) is 1. The summed E-state index contributed by atoms with van der Waals surface area (Å²) in [4.78, 5) is 34.9. The molecule has 0 unspecified atom stereocenters. The Labute approximate surface area is 175 Å². The third-order valence-corrected chi connectivity index (χ3v) is 4.80. The number of hydrogen-bond donors (Lipinski definition) is 2. The summed E-state index contributed by atoms with van der Waals surface area (Å²) in [6.07, 6.45) is -6.63. The van der Waals surface area contributed by atoms with Crippen LogP contribution < -0.4 is 11.1 Å². The highest BCUT2D eigenvalue weighted by atomic mass is 19.4. The van der Waals surface area contributed by atoms with Gasteiger partial charge in [-0.15, -0.1) is 0 Å². The van der Waals surface area contributed by atoms with Crippen LogP contribution >= 0.6 is 0 Å². The second kappa shape index (κ2) is 9.17. The van der Waals surface area contributed by atoms with Gasteiger partial charge in [0.05, 0.1) is 0 Å². The van der Waals surface area contributed by atoms with Crippen molar-refractivity contribution in [3.05, 3.63) is 59.7 Å². The first-order chi connectivity index (χ1) is 14.7. The molecule has 1 atom stereocenters. The van der Waals surface area contributed by atoms with Crippen LogP contribution in [0.2, 0.25) is 0 Å². The molecule has 3 rings (SSSR count). The van der Waals surface area contributed by atoms with Crippen LogP contribution in [0.4, 0.5) is 18.0 Å². The fourth-order valence-electron chi connectivity index (χ4n) is 3.42. The Kier molecular flexibility index (Phi) is 6.59. The van der Waals surface area contributed by atoms with Crippen LogP contribution in [0.1, 0.15) is 23.5 Å². The molecule has 31 heavy (non-hydrogen) atoms. The summed E-state index contributed by atoms with van der Waals surface area (Å²) in [6, 6.07) is 13.7. The van der Waals surface area contributed by atoms with Crippen molar-refractivity contribution in [2.24, 2.45) is 5.73 Å². The van der Waals surface area contributed by atoms with Crippen LogP contribution in [-0.4, -0.2) is 43.4 Å². The number of nitrogens with two attached hydrogens (primary N) is 1. The number of alkyl carbamates (subject to hydrolysis) is 1. The molecule has 0 fully saturated rings. The maximum absolute atomic E-state index is 12.3. The minimum atomic E-state index is -5.34. The molecular weight excluding hydrogens is 417 g/mol. The van der Waals surface area contributed by atoms with Crippen molar-refractivity contribution in [1.82, 2.24) is 5.32 Å². The second-order valence-electron chi connectivity index (χ2n) is 6.81. The lowest BCUT2D eigenvalue weighted by Crippen LogP contribution is -2.45. The third kappa shape index (κ3) is 5.02. The van der Waals surface area contributed by atoms with E-state index >= 15 is 0 Å². The number of esters is 2. The minimum absolute atomic E-state index is 0.0638. The third-order valence-electron chi connectivity index (χ3n) is 4.80. The van der Waals surface area contributed by atoms with Gasteiger partial charge in [0.25, 0.3) is 0 Å². The summed E-state index contributed by atoms with van der Waals surface area (Å²) in [7, 11) is 0. The maximum atomic E-state index is 12.3. The molecule has 2 aromatic rings. The molecule has 0 spiro atoms. The van der Waals surface area contributed by atoms with Gasteiger partial charge in [-0.3, -0.25) is 0 Å². The van der Waals surface area contributed by atoms with E-state index in [0.29, 0.717) is 0 Å². The Balaban J connectivity index is 1.65. The normalized spacial score (nSPS) is 13.7. The molecule has 0 bridgehead atoms. The molecule has 2 aromatic carbocycles. The van der Waals surface area contributed by atoms with E-state index in [2.05, 4.69) is 10.1 Å². The number of hydrogen-bond acceptors (Lipinski definition) is 6. The van der Waals surface area contributed by atoms with Gasteiger partial charge in [0, 0.05) is 5.92 Å². The lowest BCUT2D eigenvalue weighted by Gasteiger charge is -2.18. The smallest absolute Gasteiger partial charge is 0.449 e. The zero-order valence-corrected chi connectivity index (χ0v) is 16.1. The van der Waals surface area contributed by atoms with Gasteiger partial charge in [-0.25, -0.2) is 14.4 Å². The molecule has 1 aliphatic rings. The molecule has 0 aliphatic heterocycles. The topological polar surface area (TPSA) is 108 Å². The summed E-state index contributed by atoms with van der Waals surface area (Å²) in [5.41, 5.74) is 9.29. The van der Waals surface area contributed by atoms with Crippen LogP contribution in [0.15, 0.2) is 48.5 Å². The first kappa shape index (κ1) is 22.3. The minimum Gasteiger partial charge on any atom is -0.449 e. The number of alkyl halides is 3. The van der Waals surface area contributed by atoms with Gasteiger partial charge in [0.2, 0.25) is 0 Å². The van der Waals surface area contributed by atoms with Gasteiger partial charge in [-0.1, -0.05) is 48.5 Å². The largest absolute Gasteiger partial charge is 0.491 e. The average Bonchev–Trinajstić information content (AvgIpc) is 3.05. The van der Waals surface area contributed by atoms with Crippen molar-refractivity contribution in [2.45, 2.75) is 24.6 Å². The fraction of sp³-hybridized carbons (Fsp3) is 0.286. The zero-order valence-electron chi connectivity index (χ0n) is 16.1.